The Morgan fingerprint density at radius 2 is 0.951 bits per heavy atom. The van der Waals surface area contributed by atoms with Crippen molar-refractivity contribution in [1.29, 1.82) is 0 Å². The van der Waals surface area contributed by atoms with Gasteiger partial charge in [0.1, 0.15) is 31.9 Å². The number of alkyl carbamates (subject to hydrolysis) is 1. The summed E-state index contributed by atoms with van der Waals surface area (Å²) in [5.74, 6) is -1.11. The van der Waals surface area contributed by atoms with Crippen LogP contribution >= 0.6 is 7.82 Å². The van der Waals surface area contributed by atoms with E-state index < -0.39 is 37.9 Å². The first-order chi connectivity index (χ1) is 29.7. The molecule has 0 aliphatic carbocycles. The van der Waals surface area contributed by atoms with E-state index in [0.717, 1.165) is 27.8 Å². The predicted octanol–water partition coefficient (Wildman–Crippen LogP) is 9.27. The summed E-state index contributed by atoms with van der Waals surface area (Å²) in [5.41, 5.74) is 4.41. The first-order valence-electron chi connectivity index (χ1n) is 19.7. The summed E-state index contributed by atoms with van der Waals surface area (Å²) < 4.78 is 49.5. The Kier molecular flexibility index (Phi) is 16.2. The zero-order valence-corrected chi connectivity index (χ0v) is 34.5. The maximum Gasteiger partial charge on any atom is 0.530 e. The van der Waals surface area contributed by atoms with Crippen molar-refractivity contribution in [3.63, 3.8) is 0 Å². The van der Waals surface area contributed by atoms with Gasteiger partial charge < -0.3 is 29.4 Å². The quantitative estimate of drug-likeness (QED) is 0.0531. The molecule has 12 nitrogen and oxygen atoms in total. The third kappa shape index (κ3) is 14.5. The van der Waals surface area contributed by atoms with Crippen molar-refractivity contribution in [1.82, 2.24) is 10.6 Å². The Hall–Kier alpha value is -6.72. The number of rotatable bonds is 21. The molecule has 0 fully saturated rings. The highest BCUT2D eigenvalue weighted by Gasteiger charge is 2.32. The van der Waals surface area contributed by atoms with E-state index in [1.54, 1.807) is 24.3 Å². The second-order valence-electron chi connectivity index (χ2n) is 13.9. The first kappa shape index (κ1) is 43.8. The Balaban J connectivity index is 1.24. The second kappa shape index (κ2) is 22.6. The van der Waals surface area contributed by atoms with Gasteiger partial charge in [-0.1, -0.05) is 158 Å². The van der Waals surface area contributed by atoms with Gasteiger partial charge in [0, 0.05) is 6.42 Å². The van der Waals surface area contributed by atoms with Gasteiger partial charge in [0.2, 0.25) is 5.91 Å². The topological polar surface area (TPSA) is 148 Å². The maximum atomic E-state index is 14.4. The lowest BCUT2D eigenvalue weighted by atomic mass is 10.0. The van der Waals surface area contributed by atoms with Gasteiger partial charge in [-0.05, 0) is 52.4 Å². The number of benzene rings is 6. The van der Waals surface area contributed by atoms with Crippen LogP contribution in [0, 0.1) is 0 Å². The second-order valence-corrected chi connectivity index (χ2v) is 15.5. The molecule has 0 saturated carbocycles. The summed E-state index contributed by atoms with van der Waals surface area (Å²) in [6.07, 6.45) is -0.928. The lowest BCUT2D eigenvalue weighted by Crippen LogP contribution is -2.52. The van der Waals surface area contributed by atoms with Crippen molar-refractivity contribution in [2.24, 2.45) is 0 Å². The Morgan fingerprint density at radius 1 is 0.508 bits per heavy atom. The molecule has 0 spiro atoms. The average Bonchev–Trinajstić information content (AvgIpc) is 3.30. The molecule has 6 aromatic rings. The predicted molar refractivity (Wildman–Crippen MR) is 229 cm³/mol. The normalized spacial score (nSPS) is 12.0. The van der Waals surface area contributed by atoms with E-state index in [4.69, 9.17) is 27.8 Å². The van der Waals surface area contributed by atoms with Crippen LogP contribution in [0.3, 0.4) is 0 Å². The van der Waals surface area contributed by atoms with Crippen molar-refractivity contribution in [2.75, 3.05) is 0 Å². The van der Waals surface area contributed by atoms with Crippen molar-refractivity contribution >= 4 is 25.8 Å². The van der Waals surface area contributed by atoms with Crippen LogP contribution < -0.4 is 19.9 Å². The third-order valence-electron chi connectivity index (χ3n) is 9.12. The molecule has 0 radical (unpaired) electrons. The van der Waals surface area contributed by atoms with Crippen molar-refractivity contribution < 1.29 is 46.7 Å². The van der Waals surface area contributed by atoms with Crippen LogP contribution in [0.5, 0.6) is 11.5 Å². The number of amides is 2. The minimum absolute atomic E-state index is 0.0229. The Labute approximate surface area is 355 Å². The molecule has 0 saturated heterocycles. The Morgan fingerprint density at radius 3 is 1.44 bits per heavy atom. The number of nitrogens with one attached hydrogen (secondary N) is 2. The van der Waals surface area contributed by atoms with Gasteiger partial charge in [-0.15, -0.1) is 0 Å². The first-order valence-corrected chi connectivity index (χ1v) is 21.1. The molecule has 2 amide bonds. The molecule has 6 rings (SSSR count). The average molecular weight is 843 g/mol. The molecule has 314 valence electrons. The largest absolute Gasteiger partial charge is 0.530 e. The Bertz CT molecular complexity index is 2290. The fraction of sp³-hybridized carbons (Fsp3) is 0.188. The van der Waals surface area contributed by atoms with Gasteiger partial charge in [0.15, 0.2) is 11.5 Å². The zero-order valence-electron chi connectivity index (χ0n) is 33.6. The van der Waals surface area contributed by atoms with Gasteiger partial charge in [0.05, 0.1) is 13.2 Å². The van der Waals surface area contributed by atoms with Crippen LogP contribution in [0.2, 0.25) is 0 Å². The van der Waals surface area contributed by atoms with Gasteiger partial charge in [-0.25, -0.2) is 14.2 Å². The van der Waals surface area contributed by atoms with E-state index in [1.165, 1.54) is 13.0 Å². The van der Waals surface area contributed by atoms with Gasteiger partial charge in [-0.2, -0.15) is 0 Å². The molecule has 13 heteroatoms. The molecule has 61 heavy (non-hydrogen) atoms. The minimum atomic E-state index is -4.32. The molecule has 0 heterocycles. The highest BCUT2D eigenvalue weighted by Crippen LogP contribution is 2.53. The number of carbonyl (C=O) groups is 3. The van der Waals surface area contributed by atoms with E-state index in [2.05, 4.69) is 10.6 Å². The lowest BCUT2D eigenvalue weighted by Gasteiger charge is -2.23. The summed E-state index contributed by atoms with van der Waals surface area (Å²) in [4.78, 5) is 39.9. The molecule has 2 N–H and O–H groups in total. The van der Waals surface area contributed by atoms with E-state index in [9.17, 15) is 18.9 Å². The van der Waals surface area contributed by atoms with Crippen LogP contribution in [0.1, 0.15) is 40.3 Å². The summed E-state index contributed by atoms with van der Waals surface area (Å²) in [5, 5.41) is 5.32. The van der Waals surface area contributed by atoms with Crippen LogP contribution in [0.25, 0.3) is 0 Å². The van der Waals surface area contributed by atoms with Crippen LogP contribution in [0.4, 0.5) is 4.79 Å². The number of ether oxygens (including phenoxy) is 3. The smallest absolute Gasteiger partial charge is 0.485 e. The molecule has 0 aliphatic rings. The molecule has 0 bridgehead atoms. The standard InChI is InChI=1S/C48H47N2O10P/c1-36(47(52)56-32-38-19-9-3-10-20-38)49-46(51)43(50-48(53)57-33-39-21-11-4-12-22-39)29-42-27-28-44(45(30-42)55-31-37-17-7-2-8-18-37)60-61(54,58-34-40-23-13-5-14-24-40)59-35-41-25-15-6-16-26-41/h2-28,30,36,43H,29,31-35H2,1H3,(H,49,51)(H,50,53)/t36-,43-/m0/s1. The number of hydrogen-bond acceptors (Lipinski definition) is 10. The van der Waals surface area contributed by atoms with Gasteiger partial charge in [-0.3, -0.25) is 13.8 Å². The summed E-state index contributed by atoms with van der Waals surface area (Å²) in [6, 6.07) is 48.6. The van der Waals surface area contributed by atoms with E-state index >= 15 is 0 Å². The number of carbonyl (C=O) groups excluding carboxylic acids is 3. The highest BCUT2D eigenvalue weighted by atomic mass is 31.2. The van der Waals surface area contributed by atoms with E-state index in [-0.39, 0.29) is 51.0 Å². The third-order valence-corrected chi connectivity index (χ3v) is 10.4. The monoisotopic (exact) mass is 842 g/mol. The van der Waals surface area contributed by atoms with Gasteiger partial charge >= 0.3 is 19.9 Å². The van der Waals surface area contributed by atoms with Crippen molar-refractivity contribution in [2.45, 2.75) is 58.5 Å². The number of hydrogen-bond donors (Lipinski definition) is 2. The van der Waals surface area contributed by atoms with Crippen molar-refractivity contribution in [3.8, 4) is 11.5 Å². The molecule has 6 aromatic carbocycles. The number of phosphoric ester groups is 1. The fourth-order valence-corrected chi connectivity index (χ4v) is 7.03. The molecule has 0 unspecified atom stereocenters. The van der Waals surface area contributed by atoms with Crippen LogP contribution in [-0.2, 0) is 72.1 Å². The summed E-state index contributed by atoms with van der Waals surface area (Å²) in [6.45, 7) is 1.46. The molecule has 0 aromatic heterocycles. The van der Waals surface area contributed by atoms with Crippen LogP contribution in [-0.4, -0.2) is 30.1 Å². The number of esters is 1. The molecular weight excluding hydrogens is 796 g/mol. The highest BCUT2D eigenvalue weighted by molar-refractivity contribution is 7.48. The molecule has 0 aliphatic heterocycles. The molecular formula is C48H47N2O10P. The summed E-state index contributed by atoms with van der Waals surface area (Å²) >= 11 is 0. The van der Waals surface area contributed by atoms with Crippen LogP contribution in [0.15, 0.2) is 170 Å². The zero-order chi connectivity index (χ0) is 42.7. The minimum Gasteiger partial charge on any atom is -0.485 e. The summed E-state index contributed by atoms with van der Waals surface area (Å²) in [7, 11) is -4.32. The number of phosphoric acid groups is 1. The SMILES string of the molecule is C[C@H](NC(=O)[C@H](Cc1ccc(OP(=O)(OCc2ccccc2)OCc2ccccc2)c(OCc2ccccc2)c1)NC(=O)OCc1ccccc1)C(=O)OCc1ccccc1. The van der Waals surface area contributed by atoms with E-state index in [1.807, 2.05) is 140 Å². The fourth-order valence-electron chi connectivity index (χ4n) is 5.85. The lowest BCUT2D eigenvalue weighted by molar-refractivity contribution is -0.148. The van der Waals surface area contributed by atoms with Gasteiger partial charge in [0.25, 0.3) is 0 Å². The molecule has 2 atom stereocenters. The van der Waals surface area contributed by atoms with E-state index in [0.29, 0.717) is 5.56 Å². The maximum absolute atomic E-state index is 14.4. The van der Waals surface area contributed by atoms with Crippen molar-refractivity contribution in [3.05, 3.63) is 203 Å².